The molecule has 2 aromatic heterocycles. The van der Waals surface area contributed by atoms with Gasteiger partial charge < -0.3 is 38.1 Å². The summed E-state index contributed by atoms with van der Waals surface area (Å²) in [7, 11) is 1.89. The molecule has 0 bridgehead atoms. The summed E-state index contributed by atoms with van der Waals surface area (Å²) in [6, 6.07) is 7.31. The number of likely N-dealkylation sites (N-methyl/N-ethyl adjacent to an activating group) is 1. The minimum Gasteiger partial charge on any atom is -0.491 e. The standard InChI is InChI=1S/C39H58N6O8Si/c1-13-49-37(47)45-17-18-48-22-29(45)20-40-34-25(4)33(32-26(5)43-52-27(32)6)41-35(42-34)28-15-14-16-30(19-28)50-23-31(53-54-39(10,11)24(2)3)21-44(12)36(46)51-38(7,8)9/h14-16,19,24,29,31H,13,17-18,20-23H2,1-12H3,(H,40,41,42)/t29-,31-/m0/s1. The predicted molar refractivity (Wildman–Crippen MR) is 208 cm³/mol. The lowest BCUT2D eigenvalue weighted by Gasteiger charge is -2.35. The average molecular weight is 767 g/mol. The summed E-state index contributed by atoms with van der Waals surface area (Å²) < 4.78 is 35.0. The number of carbonyl (C=O) groups is 2. The molecular formula is C39H58N6O8Si. The molecule has 2 amide bonds. The topological polar surface area (TPSA) is 151 Å². The zero-order valence-electron chi connectivity index (χ0n) is 34.0. The van der Waals surface area contributed by atoms with Crippen molar-refractivity contribution in [3.8, 4) is 28.4 Å². The van der Waals surface area contributed by atoms with E-state index in [2.05, 4.69) is 38.2 Å². The molecule has 14 nitrogen and oxygen atoms in total. The number of aromatic nitrogens is 3. The SMILES string of the molecule is CCOC(=O)N1CCOC[C@@H]1CNc1nc(-c2cccc(OC[C@H](CN(C)C(=O)OC(C)(C)C)O[Si]C(C)(C)C(C)C)c2)nc(-c2c(C)noc2C)c1C. The van der Waals surface area contributed by atoms with Crippen LogP contribution in [0.15, 0.2) is 28.8 Å². The molecule has 1 fully saturated rings. The van der Waals surface area contributed by atoms with Crippen LogP contribution >= 0.6 is 0 Å². The number of hydrogen-bond donors (Lipinski definition) is 1. The van der Waals surface area contributed by atoms with Crippen LogP contribution in [0.2, 0.25) is 5.04 Å². The molecule has 1 aliphatic heterocycles. The fourth-order valence-electron chi connectivity index (χ4n) is 5.48. The lowest BCUT2D eigenvalue weighted by Crippen LogP contribution is -2.52. The third-order valence-electron chi connectivity index (χ3n) is 9.29. The van der Waals surface area contributed by atoms with E-state index in [1.54, 1.807) is 18.9 Å². The van der Waals surface area contributed by atoms with Gasteiger partial charge in [0.1, 0.15) is 29.5 Å². The number of aryl methyl sites for hydroxylation is 2. The summed E-state index contributed by atoms with van der Waals surface area (Å²) in [5, 5.41) is 7.59. The average Bonchev–Trinajstić information content (AvgIpc) is 3.45. The van der Waals surface area contributed by atoms with E-state index >= 15 is 0 Å². The van der Waals surface area contributed by atoms with E-state index in [1.165, 1.54) is 4.90 Å². The van der Waals surface area contributed by atoms with Gasteiger partial charge in [-0.3, -0.25) is 4.90 Å². The molecule has 3 heterocycles. The molecule has 4 rings (SSSR count). The Bertz CT molecular complexity index is 1710. The zero-order valence-corrected chi connectivity index (χ0v) is 35.0. The molecule has 0 unspecified atom stereocenters. The van der Waals surface area contributed by atoms with Crippen LogP contribution in [0.4, 0.5) is 15.4 Å². The van der Waals surface area contributed by atoms with Crippen LogP contribution in [0.25, 0.3) is 22.6 Å². The highest BCUT2D eigenvalue weighted by Crippen LogP contribution is 2.35. The number of benzene rings is 1. The monoisotopic (exact) mass is 766 g/mol. The number of carbonyl (C=O) groups excluding carboxylic acids is 2. The number of ether oxygens (including phenoxy) is 4. The van der Waals surface area contributed by atoms with E-state index in [-0.39, 0.29) is 40.1 Å². The number of anilines is 1. The first kappa shape index (κ1) is 42.5. The van der Waals surface area contributed by atoms with E-state index in [4.69, 9.17) is 37.9 Å². The molecule has 15 heteroatoms. The summed E-state index contributed by atoms with van der Waals surface area (Å²) in [5.41, 5.74) is 3.09. The molecule has 0 aliphatic carbocycles. The third-order valence-corrected chi connectivity index (χ3v) is 10.8. The van der Waals surface area contributed by atoms with Crippen molar-refractivity contribution in [1.29, 1.82) is 0 Å². The minimum absolute atomic E-state index is 0.0583. The lowest BCUT2D eigenvalue weighted by molar-refractivity contribution is -0.00379. The molecule has 1 N–H and O–H groups in total. The van der Waals surface area contributed by atoms with Crippen LogP contribution in [0, 0.1) is 26.7 Å². The minimum atomic E-state index is -0.619. The Morgan fingerprint density at radius 2 is 1.87 bits per heavy atom. The number of morpholine rings is 1. The highest BCUT2D eigenvalue weighted by Gasteiger charge is 2.31. The van der Waals surface area contributed by atoms with Gasteiger partial charge in [0.15, 0.2) is 5.82 Å². The third kappa shape index (κ3) is 11.4. The first-order chi connectivity index (χ1) is 25.4. The van der Waals surface area contributed by atoms with Crippen LogP contribution in [0.3, 0.4) is 0 Å². The molecule has 1 aliphatic rings. The molecule has 54 heavy (non-hydrogen) atoms. The first-order valence-corrected chi connectivity index (χ1v) is 19.5. The van der Waals surface area contributed by atoms with Gasteiger partial charge >= 0.3 is 12.2 Å². The van der Waals surface area contributed by atoms with Crippen LogP contribution in [-0.4, -0.2) is 118 Å². The second-order valence-electron chi connectivity index (χ2n) is 15.5. The van der Waals surface area contributed by atoms with E-state index in [0.29, 0.717) is 73.4 Å². The van der Waals surface area contributed by atoms with Gasteiger partial charge in [-0.25, -0.2) is 19.6 Å². The summed E-state index contributed by atoms with van der Waals surface area (Å²) in [4.78, 5) is 38.8. The van der Waals surface area contributed by atoms with Gasteiger partial charge in [-0.2, -0.15) is 0 Å². The lowest BCUT2D eigenvalue weighted by atomic mass is 9.99. The van der Waals surface area contributed by atoms with E-state index in [0.717, 1.165) is 16.7 Å². The molecule has 0 saturated carbocycles. The van der Waals surface area contributed by atoms with Gasteiger partial charge in [-0.05, 0) is 71.6 Å². The fourth-order valence-corrected chi connectivity index (χ4v) is 6.33. The second-order valence-corrected chi connectivity index (χ2v) is 17.2. The number of nitrogens with zero attached hydrogens (tertiary/aromatic N) is 5. The molecule has 0 spiro atoms. The van der Waals surface area contributed by atoms with E-state index < -0.39 is 17.8 Å². The molecular weight excluding hydrogens is 709 g/mol. The maximum Gasteiger partial charge on any atom is 0.410 e. The number of nitrogens with one attached hydrogen (secondary N) is 1. The smallest absolute Gasteiger partial charge is 0.410 e. The van der Waals surface area contributed by atoms with Crippen LogP contribution in [0.1, 0.15) is 72.4 Å². The quantitative estimate of drug-likeness (QED) is 0.157. The van der Waals surface area contributed by atoms with Crippen molar-refractivity contribution in [3.05, 3.63) is 41.3 Å². The van der Waals surface area contributed by atoms with Gasteiger partial charge in [0.25, 0.3) is 0 Å². The van der Waals surface area contributed by atoms with Crippen molar-refractivity contribution in [3.63, 3.8) is 0 Å². The Balaban J connectivity index is 1.62. The summed E-state index contributed by atoms with van der Waals surface area (Å²) in [6.07, 6.45) is -1.21. The number of amides is 2. The second kappa shape index (κ2) is 18.4. The van der Waals surface area contributed by atoms with Crippen molar-refractivity contribution in [2.24, 2.45) is 5.92 Å². The highest BCUT2D eigenvalue weighted by molar-refractivity contribution is 6.32. The van der Waals surface area contributed by atoms with Gasteiger partial charge in [-0.15, -0.1) is 0 Å². The maximum atomic E-state index is 12.8. The van der Waals surface area contributed by atoms with Crippen molar-refractivity contribution in [2.75, 3.05) is 58.4 Å². The fraction of sp³-hybridized carbons (Fsp3) is 0.615. The van der Waals surface area contributed by atoms with Crippen molar-refractivity contribution in [1.82, 2.24) is 24.9 Å². The Kier molecular flexibility index (Phi) is 14.5. The molecule has 3 aromatic rings. The first-order valence-electron chi connectivity index (χ1n) is 18.6. The van der Waals surface area contributed by atoms with Crippen LogP contribution in [0.5, 0.6) is 5.75 Å². The molecule has 2 radical (unpaired) electrons. The van der Waals surface area contributed by atoms with E-state index in [9.17, 15) is 9.59 Å². The molecule has 1 saturated heterocycles. The van der Waals surface area contributed by atoms with Gasteiger partial charge in [0.2, 0.25) is 9.76 Å². The number of hydrogen-bond acceptors (Lipinski definition) is 12. The zero-order chi connectivity index (χ0) is 39.8. The number of rotatable bonds is 15. The van der Waals surface area contributed by atoms with Crippen molar-refractivity contribution < 1.29 is 37.5 Å². The molecule has 296 valence electrons. The van der Waals surface area contributed by atoms with Gasteiger partial charge in [0.05, 0.1) is 55.5 Å². The van der Waals surface area contributed by atoms with Gasteiger partial charge in [-0.1, -0.05) is 45.0 Å². The summed E-state index contributed by atoms with van der Waals surface area (Å²) >= 11 is 0. The Hall–Kier alpha value is -4.21. The van der Waals surface area contributed by atoms with Crippen LogP contribution < -0.4 is 10.1 Å². The van der Waals surface area contributed by atoms with Crippen LogP contribution in [-0.2, 0) is 18.6 Å². The Labute approximate surface area is 322 Å². The Morgan fingerprint density at radius 3 is 2.52 bits per heavy atom. The Morgan fingerprint density at radius 1 is 1.13 bits per heavy atom. The van der Waals surface area contributed by atoms with E-state index in [1.807, 2.05) is 65.8 Å². The predicted octanol–water partition coefficient (Wildman–Crippen LogP) is 7.10. The normalized spacial score (nSPS) is 15.6. The summed E-state index contributed by atoms with van der Waals surface area (Å²) in [6.45, 7) is 24.1. The van der Waals surface area contributed by atoms with Crippen molar-refractivity contribution >= 4 is 27.8 Å². The summed E-state index contributed by atoms with van der Waals surface area (Å²) in [5.74, 6) is 2.69. The van der Waals surface area contributed by atoms with Crippen molar-refractivity contribution in [2.45, 2.75) is 98.9 Å². The maximum absolute atomic E-state index is 12.8. The molecule has 1 aromatic carbocycles. The highest BCUT2D eigenvalue weighted by atomic mass is 28.2. The molecule has 2 atom stereocenters. The largest absolute Gasteiger partial charge is 0.491 e. The van der Waals surface area contributed by atoms with Gasteiger partial charge in [0, 0.05) is 31.3 Å².